The van der Waals surface area contributed by atoms with Gasteiger partial charge in [-0.05, 0) is 19.4 Å². The standard InChI is InChI=1S/C18H23N3O2/c1-14-11-17(20-16(19-14)12-22-3)21-9-10-23-18(2,13-21)15-7-5-4-6-8-15/h4-8,11H,9-10,12-13H2,1-3H3. The van der Waals surface area contributed by atoms with Gasteiger partial charge in [0.2, 0.25) is 0 Å². The molecule has 1 fully saturated rings. The Morgan fingerprint density at radius 1 is 1.26 bits per heavy atom. The largest absolute Gasteiger partial charge is 0.377 e. The lowest BCUT2D eigenvalue weighted by Gasteiger charge is -2.41. The van der Waals surface area contributed by atoms with Crippen molar-refractivity contribution in [2.45, 2.75) is 26.1 Å². The van der Waals surface area contributed by atoms with Crippen LogP contribution in [0.2, 0.25) is 0 Å². The molecule has 1 aromatic carbocycles. The van der Waals surface area contributed by atoms with Gasteiger partial charge in [0.25, 0.3) is 0 Å². The Morgan fingerprint density at radius 3 is 2.78 bits per heavy atom. The third-order valence-electron chi connectivity index (χ3n) is 4.14. The van der Waals surface area contributed by atoms with Crippen molar-refractivity contribution in [3.8, 4) is 0 Å². The Hall–Kier alpha value is -1.98. The molecule has 0 radical (unpaired) electrons. The van der Waals surface area contributed by atoms with E-state index in [1.165, 1.54) is 5.56 Å². The minimum atomic E-state index is -0.334. The molecule has 1 aliphatic rings. The SMILES string of the molecule is COCc1nc(C)cc(N2CCOC(C)(c3ccccc3)C2)n1. The van der Waals surface area contributed by atoms with Crippen molar-refractivity contribution >= 4 is 5.82 Å². The van der Waals surface area contributed by atoms with Crippen LogP contribution in [0.3, 0.4) is 0 Å². The van der Waals surface area contributed by atoms with Crippen molar-refractivity contribution in [3.05, 3.63) is 53.5 Å². The molecule has 0 saturated carbocycles. The van der Waals surface area contributed by atoms with Gasteiger partial charge in [0.05, 0.1) is 13.2 Å². The van der Waals surface area contributed by atoms with Crippen LogP contribution in [-0.2, 0) is 21.7 Å². The van der Waals surface area contributed by atoms with E-state index in [0.29, 0.717) is 13.2 Å². The number of hydrogen-bond acceptors (Lipinski definition) is 5. The lowest BCUT2D eigenvalue weighted by atomic mass is 9.94. The molecule has 2 heterocycles. The Morgan fingerprint density at radius 2 is 2.04 bits per heavy atom. The summed E-state index contributed by atoms with van der Waals surface area (Å²) in [5.74, 6) is 1.66. The minimum absolute atomic E-state index is 0.334. The molecular weight excluding hydrogens is 290 g/mol. The third-order valence-corrected chi connectivity index (χ3v) is 4.14. The van der Waals surface area contributed by atoms with Gasteiger partial charge in [-0.25, -0.2) is 9.97 Å². The normalized spacial score (nSPS) is 21.4. The van der Waals surface area contributed by atoms with Gasteiger partial charge in [0, 0.05) is 25.4 Å². The lowest BCUT2D eigenvalue weighted by Crippen LogP contribution is -2.48. The highest BCUT2D eigenvalue weighted by atomic mass is 16.5. The van der Waals surface area contributed by atoms with Crippen LogP contribution in [-0.4, -0.2) is 36.8 Å². The zero-order valence-corrected chi connectivity index (χ0v) is 14.0. The van der Waals surface area contributed by atoms with Crippen molar-refractivity contribution in [1.82, 2.24) is 9.97 Å². The Bertz CT molecular complexity index is 663. The zero-order chi connectivity index (χ0) is 16.3. The molecule has 1 saturated heterocycles. The van der Waals surface area contributed by atoms with Gasteiger partial charge in [-0.3, -0.25) is 0 Å². The van der Waals surface area contributed by atoms with Crippen LogP contribution in [0.25, 0.3) is 0 Å². The first kappa shape index (κ1) is 15.9. The molecule has 5 heteroatoms. The second kappa shape index (κ2) is 6.64. The molecular formula is C18H23N3O2. The number of ether oxygens (including phenoxy) is 2. The first-order chi connectivity index (χ1) is 11.1. The van der Waals surface area contributed by atoms with Crippen LogP contribution in [0.5, 0.6) is 0 Å². The number of nitrogens with zero attached hydrogens (tertiary/aromatic N) is 3. The summed E-state index contributed by atoms with van der Waals surface area (Å²) >= 11 is 0. The van der Waals surface area contributed by atoms with Crippen molar-refractivity contribution in [3.63, 3.8) is 0 Å². The molecule has 0 bridgehead atoms. The highest BCUT2D eigenvalue weighted by Gasteiger charge is 2.34. The van der Waals surface area contributed by atoms with Crippen molar-refractivity contribution < 1.29 is 9.47 Å². The van der Waals surface area contributed by atoms with E-state index < -0.39 is 0 Å². The van der Waals surface area contributed by atoms with E-state index in [9.17, 15) is 0 Å². The minimum Gasteiger partial charge on any atom is -0.377 e. The summed E-state index contributed by atoms with van der Waals surface area (Å²) in [6.07, 6.45) is 0. The first-order valence-electron chi connectivity index (χ1n) is 7.89. The van der Waals surface area contributed by atoms with Crippen molar-refractivity contribution in [2.24, 2.45) is 0 Å². The first-order valence-corrected chi connectivity index (χ1v) is 7.89. The monoisotopic (exact) mass is 313 g/mol. The van der Waals surface area contributed by atoms with Gasteiger partial charge in [-0.2, -0.15) is 0 Å². The van der Waals surface area contributed by atoms with Gasteiger partial charge in [-0.1, -0.05) is 30.3 Å². The van der Waals surface area contributed by atoms with Crippen LogP contribution in [0.15, 0.2) is 36.4 Å². The number of anilines is 1. The number of aryl methyl sites for hydroxylation is 1. The molecule has 5 nitrogen and oxygen atoms in total. The molecule has 0 amide bonds. The van der Waals surface area contributed by atoms with Gasteiger partial charge >= 0.3 is 0 Å². The van der Waals surface area contributed by atoms with E-state index in [1.54, 1.807) is 7.11 Å². The highest BCUT2D eigenvalue weighted by molar-refractivity contribution is 5.42. The summed E-state index contributed by atoms with van der Waals surface area (Å²) in [6, 6.07) is 12.4. The molecule has 1 aliphatic heterocycles. The van der Waals surface area contributed by atoms with Gasteiger partial charge in [0.1, 0.15) is 18.0 Å². The summed E-state index contributed by atoms with van der Waals surface area (Å²) in [7, 11) is 1.66. The fraction of sp³-hybridized carbons (Fsp3) is 0.444. The highest BCUT2D eigenvalue weighted by Crippen LogP contribution is 2.31. The Labute approximate surface area is 137 Å². The van der Waals surface area contributed by atoms with E-state index >= 15 is 0 Å². The van der Waals surface area contributed by atoms with E-state index in [0.717, 1.165) is 30.4 Å². The van der Waals surface area contributed by atoms with Crippen LogP contribution >= 0.6 is 0 Å². The average Bonchev–Trinajstić information content (AvgIpc) is 2.55. The molecule has 0 aliphatic carbocycles. The van der Waals surface area contributed by atoms with E-state index in [-0.39, 0.29) is 5.60 Å². The number of rotatable bonds is 4. The van der Waals surface area contributed by atoms with Gasteiger partial charge < -0.3 is 14.4 Å². The summed E-state index contributed by atoms with van der Waals surface area (Å²) < 4.78 is 11.3. The predicted octanol–water partition coefficient (Wildman–Crippen LogP) is 2.68. The van der Waals surface area contributed by atoms with Crippen LogP contribution in [0.4, 0.5) is 5.82 Å². The van der Waals surface area contributed by atoms with Crippen molar-refractivity contribution in [1.29, 1.82) is 0 Å². The van der Waals surface area contributed by atoms with Crippen molar-refractivity contribution in [2.75, 3.05) is 31.7 Å². The second-order valence-electron chi connectivity index (χ2n) is 6.08. The lowest BCUT2D eigenvalue weighted by molar-refractivity contribution is -0.0468. The molecule has 122 valence electrons. The third kappa shape index (κ3) is 3.51. The Kier molecular flexibility index (Phi) is 4.59. The second-order valence-corrected chi connectivity index (χ2v) is 6.08. The molecule has 1 unspecified atom stereocenters. The fourth-order valence-corrected chi connectivity index (χ4v) is 3.00. The summed E-state index contributed by atoms with van der Waals surface area (Å²) in [6.45, 7) is 6.81. The fourth-order valence-electron chi connectivity index (χ4n) is 3.00. The average molecular weight is 313 g/mol. The number of hydrogen-bond donors (Lipinski definition) is 0. The van der Waals surface area contributed by atoms with Gasteiger partial charge in [-0.15, -0.1) is 0 Å². The quantitative estimate of drug-likeness (QED) is 0.868. The predicted molar refractivity (Wildman–Crippen MR) is 89.4 cm³/mol. The zero-order valence-electron chi connectivity index (χ0n) is 14.0. The van der Waals surface area contributed by atoms with Crippen LogP contribution in [0.1, 0.15) is 24.0 Å². The van der Waals surface area contributed by atoms with Crippen LogP contribution < -0.4 is 4.90 Å². The topological polar surface area (TPSA) is 47.5 Å². The molecule has 0 spiro atoms. The maximum absolute atomic E-state index is 6.10. The summed E-state index contributed by atoms with van der Waals surface area (Å²) in [5.41, 5.74) is 1.81. The Balaban J connectivity index is 1.86. The number of aromatic nitrogens is 2. The number of methoxy groups -OCH3 is 1. The van der Waals surface area contributed by atoms with E-state index in [4.69, 9.17) is 9.47 Å². The van der Waals surface area contributed by atoms with Gasteiger partial charge in [0.15, 0.2) is 5.82 Å². The molecule has 3 rings (SSSR count). The summed E-state index contributed by atoms with van der Waals surface area (Å²) in [4.78, 5) is 11.3. The smallest absolute Gasteiger partial charge is 0.156 e. The maximum atomic E-state index is 6.10. The number of morpholine rings is 1. The van der Waals surface area contributed by atoms with E-state index in [2.05, 4.69) is 46.1 Å². The van der Waals surface area contributed by atoms with Crippen LogP contribution in [0, 0.1) is 6.92 Å². The number of benzene rings is 1. The molecule has 2 aromatic rings. The molecule has 23 heavy (non-hydrogen) atoms. The molecule has 0 N–H and O–H groups in total. The molecule has 1 aromatic heterocycles. The molecule has 1 atom stereocenters. The maximum Gasteiger partial charge on any atom is 0.156 e. The summed E-state index contributed by atoms with van der Waals surface area (Å²) in [5, 5.41) is 0. The van der Waals surface area contributed by atoms with E-state index in [1.807, 2.05) is 19.1 Å².